The van der Waals surface area contributed by atoms with Gasteiger partial charge in [-0.2, -0.15) is 9.61 Å². The Morgan fingerprint density at radius 2 is 2.06 bits per heavy atom. The molecule has 1 saturated heterocycles. The van der Waals surface area contributed by atoms with Crippen molar-refractivity contribution >= 4 is 34.6 Å². The Hall–Kier alpha value is -2.55. The summed E-state index contributed by atoms with van der Waals surface area (Å²) in [4.78, 5) is 7.14. The second kappa shape index (κ2) is 9.94. The summed E-state index contributed by atoms with van der Waals surface area (Å²) < 4.78 is 18.9. The van der Waals surface area contributed by atoms with Gasteiger partial charge in [0, 0.05) is 37.5 Å². The van der Waals surface area contributed by atoms with Gasteiger partial charge >= 0.3 is 0 Å². The van der Waals surface area contributed by atoms with E-state index in [1.54, 1.807) is 19.4 Å². The zero-order valence-corrected chi connectivity index (χ0v) is 19.7. The Bertz CT molecular complexity index is 1070. The maximum absolute atomic E-state index is 6.48. The highest BCUT2D eigenvalue weighted by Crippen LogP contribution is 2.36. The van der Waals surface area contributed by atoms with Gasteiger partial charge in [-0.1, -0.05) is 11.6 Å². The van der Waals surface area contributed by atoms with Gasteiger partial charge in [0.1, 0.15) is 17.4 Å². The lowest BCUT2D eigenvalue weighted by atomic mass is 10.2. The largest absolute Gasteiger partial charge is 0.497 e. The van der Waals surface area contributed by atoms with Crippen molar-refractivity contribution < 1.29 is 14.2 Å². The molecule has 0 bridgehead atoms. The molecule has 0 aliphatic carbocycles. The summed E-state index contributed by atoms with van der Waals surface area (Å²) in [6.45, 7) is 8.88. The van der Waals surface area contributed by atoms with E-state index in [4.69, 9.17) is 30.8 Å². The highest BCUT2D eigenvalue weighted by atomic mass is 35.5. The fourth-order valence-corrected chi connectivity index (χ4v) is 4.44. The van der Waals surface area contributed by atoms with Crippen LogP contribution in [-0.2, 0) is 9.47 Å². The third-order valence-electron chi connectivity index (χ3n) is 5.73. The highest BCUT2D eigenvalue weighted by molar-refractivity contribution is 6.33. The number of ether oxygens (including phenoxy) is 3. The molecule has 32 heavy (non-hydrogen) atoms. The van der Waals surface area contributed by atoms with Gasteiger partial charge in [-0.25, -0.2) is 4.98 Å². The summed E-state index contributed by atoms with van der Waals surface area (Å²) in [5, 5.41) is 8.52. The minimum Gasteiger partial charge on any atom is -0.497 e. The summed E-state index contributed by atoms with van der Waals surface area (Å²) in [5.74, 6) is 2.42. The van der Waals surface area contributed by atoms with Gasteiger partial charge in [0.2, 0.25) is 0 Å². The van der Waals surface area contributed by atoms with Gasteiger partial charge in [0.25, 0.3) is 0 Å². The summed E-state index contributed by atoms with van der Waals surface area (Å²) in [6.07, 6.45) is 2.82. The molecule has 1 aromatic carbocycles. The smallest absolute Gasteiger partial charge is 0.159 e. The molecular weight excluding hydrogens is 430 g/mol. The number of rotatable bonds is 9. The first kappa shape index (κ1) is 22.6. The first-order valence-electron chi connectivity index (χ1n) is 11.0. The predicted octanol–water partition coefficient (Wildman–Crippen LogP) is 4.46. The number of hydrogen-bond donors (Lipinski definition) is 1. The quantitative estimate of drug-likeness (QED) is 0.506. The van der Waals surface area contributed by atoms with Crippen LogP contribution in [0.3, 0.4) is 0 Å². The van der Waals surface area contributed by atoms with Gasteiger partial charge in [-0.3, -0.25) is 0 Å². The van der Waals surface area contributed by atoms with Crippen molar-refractivity contribution in [1.82, 2.24) is 14.6 Å². The SMILES string of the molecule is CCOCC1CC(OCC)CN1c1c(C)c(Nc2ccc(OC)cc2Cl)nc2ccnn12. The molecule has 2 aromatic heterocycles. The molecule has 2 unspecified atom stereocenters. The number of halogens is 1. The van der Waals surface area contributed by atoms with Crippen molar-refractivity contribution in [2.75, 3.05) is 43.7 Å². The topological polar surface area (TPSA) is 73.2 Å². The lowest BCUT2D eigenvalue weighted by Gasteiger charge is -2.29. The monoisotopic (exact) mass is 459 g/mol. The molecular formula is C23H30ClN5O3. The number of fused-ring (bicyclic) bond motifs is 1. The van der Waals surface area contributed by atoms with E-state index in [0.29, 0.717) is 30.6 Å². The van der Waals surface area contributed by atoms with Crippen LogP contribution in [0.1, 0.15) is 25.8 Å². The number of nitrogens with zero attached hydrogens (tertiary/aromatic N) is 4. The van der Waals surface area contributed by atoms with E-state index in [1.807, 2.05) is 36.6 Å². The van der Waals surface area contributed by atoms with Crippen LogP contribution >= 0.6 is 11.6 Å². The second-order valence-corrected chi connectivity index (χ2v) is 8.17. The fourth-order valence-electron chi connectivity index (χ4n) is 4.22. The number of aromatic nitrogens is 3. The van der Waals surface area contributed by atoms with E-state index in [-0.39, 0.29) is 12.1 Å². The first-order valence-corrected chi connectivity index (χ1v) is 11.3. The number of anilines is 3. The number of hydrogen-bond acceptors (Lipinski definition) is 7. The molecule has 3 aromatic rings. The molecule has 0 spiro atoms. The van der Waals surface area contributed by atoms with Gasteiger partial charge < -0.3 is 24.4 Å². The molecule has 4 rings (SSSR count). The minimum atomic E-state index is 0.149. The second-order valence-electron chi connectivity index (χ2n) is 7.76. The lowest BCUT2D eigenvalue weighted by molar-refractivity contribution is 0.0700. The van der Waals surface area contributed by atoms with Crippen molar-refractivity contribution in [3.8, 4) is 5.75 Å². The van der Waals surface area contributed by atoms with Crippen molar-refractivity contribution in [2.24, 2.45) is 0 Å². The molecule has 1 N–H and O–H groups in total. The Balaban J connectivity index is 1.74. The van der Waals surface area contributed by atoms with E-state index in [2.05, 4.69) is 22.2 Å². The van der Waals surface area contributed by atoms with Gasteiger partial charge in [-0.05, 0) is 39.3 Å². The van der Waals surface area contributed by atoms with Crippen molar-refractivity contribution in [3.63, 3.8) is 0 Å². The molecule has 0 amide bonds. The van der Waals surface area contributed by atoms with Crippen molar-refractivity contribution in [1.29, 1.82) is 0 Å². The summed E-state index contributed by atoms with van der Waals surface area (Å²) in [6, 6.07) is 7.63. The minimum absolute atomic E-state index is 0.149. The molecule has 8 nitrogen and oxygen atoms in total. The van der Waals surface area contributed by atoms with Crippen LogP contribution in [0.4, 0.5) is 17.3 Å². The van der Waals surface area contributed by atoms with Gasteiger partial charge in [0.05, 0.1) is 42.8 Å². The average Bonchev–Trinajstić information content (AvgIpc) is 3.41. The Kier molecular flexibility index (Phi) is 7.03. The maximum atomic E-state index is 6.48. The van der Waals surface area contributed by atoms with E-state index in [0.717, 1.165) is 41.5 Å². The molecule has 0 radical (unpaired) electrons. The normalized spacial score (nSPS) is 18.5. The van der Waals surface area contributed by atoms with E-state index >= 15 is 0 Å². The van der Waals surface area contributed by atoms with Crippen LogP contribution in [0.25, 0.3) is 5.65 Å². The molecule has 2 atom stereocenters. The zero-order valence-electron chi connectivity index (χ0n) is 19.0. The van der Waals surface area contributed by atoms with E-state index in [1.165, 1.54) is 0 Å². The van der Waals surface area contributed by atoms with Crippen molar-refractivity contribution in [2.45, 2.75) is 39.3 Å². The Morgan fingerprint density at radius 1 is 1.22 bits per heavy atom. The fraction of sp³-hybridized carbons (Fsp3) is 0.478. The number of nitrogens with one attached hydrogen (secondary N) is 1. The van der Waals surface area contributed by atoms with Crippen LogP contribution in [0.5, 0.6) is 5.75 Å². The predicted molar refractivity (Wildman–Crippen MR) is 127 cm³/mol. The third-order valence-corrected chi connectivity index (χ3v) is 6.05. The highest BCUT2D eigenvalue weighted by Gasteiger charge is 2.35. The molecule has 1 aliphatic heterocycles. The van der Waals surface area contributed by atoms with Crippen molar-refractivity contribution in [3.05, 3.63) is 41.0 Å². The molecule has 1 fully saturated rings. The Morgan fingerprint density at radius 3 is 2.78 bits per heavy atom. The molecule has 0 saturated carbocycles. The van der Waals surface area contributed by atoms with Crippen LogP contribution in [0.15, 0.2) is 30.5 Å². The zero-order chi connectivity index (χ0) is 22.7. The van der Waals surface area contributed by atoms with Gasteiger partial charge in [0.15, 0.2) is 5.65 Å². The summed E-state index contributed by atoms with van der Waals surface area (Å²) in [5.41, 5.74) is 2.50. The summed E-state index contributed by atoms with van der Waals surface area (Å²) in [7, 11) is 1.62. The van der Waals surface area contributed by atoms with E-state index < -0.39 is 0 Å². The maximum Gasteiger partial charge on any atom is 0.159 e. The van der Waals surface area contributed by atoms with E-state index in [9.17, 15) is 0 Å². The van der Waals surface area contributed by atoms with Crippen LogP contribution in [-0.4, -0.2) is 60.2 Å². The molecule has 172 valence electrons. The van der Waals surface area contributed by atoms with Crippen LogP contribution in [0.2, 0.25) is 5.02 Å². The van der Waals surface area contributed by atoms with Crippen LogP contribution in [0, 0.1) is 6.92 Å². The number of benzene rings is 1. The number of methoxy groups -OCH3 is 1. The third kappa shape index (κ3) is 4.48. The molecule has 3 heterocycles. The first-order chi connectivity index (χ1) is 15.5. The molecule has 1 aliphatic rings. The average molecular weight is 460 g/mol. The summed E-state index contributed by atoms with van der Waals surface area (Å²) >= 11 is 6.48. The van der Waals surface area contributed by atoms with Crippen LogP contribution < -0.4 is 15.0 Å². The standard InChI is InChI=1S/C23H30ClN5O3/c1-5-31-14-16-11-18(32-6-2)13-28(16)23-15(3)22(27-21-9-10-25-29(21)23)26-20-8-7-17(30-4)12-19(20)24/h7-10,12,16,18H,5-6,11,13-14H2,1-4H3,(H,26,27). The Labute approximate surface area is 193 Å². The lowest BCUT2D eigenvalue weighted by Crippen LogP contribution is -2.35. The molecule has 9 heteroatoms. The van der Waals surface area contributed by atoms with Gasteiger partial charge in [-0.15, -0.1) is 0 Å².